The predicted octanol–water partition coefficient (Wildman–Crippen LogP) is 0.243. The largest absolute Gasteiger partial charge is 0.353 e. The molecule has 18 heavy (non-hydrogen) atoms. The van der Waals surface area contributed by atoms with Crippen LogP contribution in [0.5, 0.6) is 0 Å². The molecule has 1 aliphatic heterocycles. The van der Waals surface area contributed by atoms with Crippen LogP contribution in [-0.2, 0) is 9.59 Å². The monoisotopic (exact) mass is 253 g/mol. The third kappa shape index (κ3) is 3.45. The van der Waals surface area contributed by atoms with Crippen molar-refractivity contribution in [2.24, 2.45) is 11.7 Å². The lowest BCUT2D eigenvalue weighted by Crippen LogP contribution is -2.54. The minimum Gasteiger partial charge on any atom is -0.353 e. The number of amides is 2. The lowest BCUT2D eigenvalue weighted by Gasteiger charge is -2.31. The number of hydrogen-bond acceptors (Lipinski definition) is 3. The van der Waals surface area contributed by atoms with Crippen LogP contribution in [0.2, 0.25) is 0 Å². The SMILES string of the molecule is NC(CC1CCCCC1)C(=O)N1CCNC(=O)C1. The van der Waals surface area contributed by atoms with Crippen molar-refractivity contribution in [3.05, 3.63) is 0 Å². The second kappa shape index (κ2) is 6.18. The number of nitrogens with zero attached hydrogens (tertiary/aromatic N) is 1. The highest BCUT2D eigenvalue weighted by molar-refractivity contribution is 5.88. The number of hydrogen-bond donors (Lipinski definition) is 2. The van der Waals surface area contributed by atoms with E-state index in [1.807, 2.05) is 0 Å². The van der Waals surface area contributed by atoms with E-state index in [0.717, 1.165) is 6.42 Å². The average molecular weight is 253 g/mol. The first kappa shape index (κ1) is 13.3. The Kier molecular flexibility index (Phi) is 4.58. The predicted molar refractivity (Wildman–Crippen MR) is 68.8 cm³/mol. The molecule has 0 aromatic heterocycles. The summed E-state index contributed by atoms with van der Waals surface area (Å²) in [7, 11) is 0. The zero-order chi connectivity index (χ0) is 13.0. The topological polar surface area (TPSA) is 75.4 Å². The third-order valence-corrected chi connectivity index (χ3v) is 3.98. The van der Waals surface area contributed by atoms with Gasteiger partial charge in [0.05, 0.1) is 12.6 Å². The average Bonchev–Trinajstić information content (AvgIpc) is 2.39. The van der Waals surface area contributed by atoms with E-state index in [1.54, 1.807) is 4.90 Å². The molecular weight excluding hydrogens is 230 g/mol. The minimum absolute atomic E-state index is 0.0598. The van der Waals surface area contributed by atoms with E-state index in [2.05, 4.69) is 5.32 Å². The van der Waals surface area contributed by atoms with Crippen molar-refractivity contribution in [3.8, 4) is 0 Å². The Balaban J connectivity index is 1.81. The normalized spacial score (nSPS) is 23.6. The molecule has 1 saturated carbocycles. The van der Waals surface area contributed by atoms with Gasteiger partial charge < -0.3 is 16.0 Å². The van der Waals surface area contributed by atoms with E-state index in [1.165, 1.54) is 32.1 Å². The summed E-state index contributed by atoms with van der Waals surface area (Å²) in [5, 5.41) is 2.71. The summed E-state index contributed by atoms with van der Waals surface area (Å²) in [6.45, 7) is 1.29. The smallest absolute Gasteiger partial charge is 0.240 e. The Bertz CT molecular complexity index is 313. The molecule has 2 fully saturated rings. The fraction of sp³-hybridized carbons (Fsp3) is 0.846. The van der Waals surface area contributed by atoms with Crippen LogP contribution in [0.25, 0.3) is 0 Å². The van der Waals surface area contributed by atoms with E-state index < -0.39 is 6.04 Å². The fourth-order valence-electron chi connectivity index (χ4n) is 2.94. The number of piperazine rings is 1. The highest BCUT2D eigenvalue weighted by atomic mass is 16.2. The van der Waals surface area contributed by atoms with Gasteiger partial charge in [0.2, 0.25) is 11.8 Å². The zero-order valence-electron chi connectivity index (χ0n) is 10.9. The molecule has 2 aliphatic rings. The zero-order valence-corrected chi connectivity index (χ0v) is 10.9. The molecule has 2 rings (SSSR count). The Hall–Kier alpha value is -1.10. The Morgan fingerprint density at radius 3 is 2.78 bits per heavy atom. The van der Waals surface area contributed by atoms with Gasteiger partial charge in [-0.1, -0.05) is 32.1 Å². The van der Waals surface area contributed by atoms with Gasteiger partial charge in [-0.3, -0.25) is 9.59 Å². The summed E-state index contributed by atoms with van der Waals surface area (Å²) in [5.41, 5.74) is 6.00. The molecule has 0 radical (unpaired) electrons. The van der Waals surface area contributed by atoms with Crippen LogP contribution in [0.4, 0.5) is 0 Å². The lowest BCUT2D eigenvalue weighted by atomic mass is 9.85. The summed E-state index contributed by atoms with van der Waals surface area (Å²) in [6.07, 6.45) is 7.00. The summed E-state index contributed by atoms with van der Waals surface area (Å²) in [4.78, 5) is 25.0. The van der Waals surface area contributed by atoms with Gasteiger partial charge >= 0.3 is 0 Å². The van der Waals surface area contributed by atoms with Gasteiger partial charge in [0.1, 0.15) is 0 Å². The first-order valence-electron chi connectivity index (χ1n) is 6.98. The van der Waals surface area contributed by atoms with Crippen LogP contribution < -0.4 is 11.1 Å². The van der Waals surface area contributed by atoms with Crippen molar-refractivity contribution in [1.82, 2.24) is 10.2 Å². The molecule has 3 N–H and O–H groups in total. The van der Waals surface area contributed by atoms with E-state index in [-0.39, 0.29) is 18.4 Å². The maximum Gasteiger partial charge on any atom is 0.240 e. The summed E-state index contributed by atoms with van der Waals surface area (Å²) in [5.74, 6) is 0.450. The van der Waals surface area contributed by atoms with Crippen LogP contribution in [0.1, 0.15) is 38.5 Å². The number of rotatable bonds is 3. The van der Waals surface area contributed by atoms with Gasteiger partial charge in [0.15, 0.2) is 0 Å². The second-order valence-electron chi connectivity index (χ2n) is 5.46. The first-order valence-corrected chi connectivity index (χ1v) is 6.98. The van der Waals surface area contributed by atoms with Gasteiger partial charge in [0, 0.05) is 13.1 Å². The molecule has 1 saturated heterocycles. The summed E-state index contributed by atoms with van der Waals surface area (Å²) in [6, 6.07) is -0.431. The summed E-state index contributed by atoms with van der Waals surface area (Å²) < 4.78 is 0. The molecule has 1 unspecified atom stereocenters. The molecular formula is C13H23N3O2. The molecule has 102 valence electrons. The third-order valence-electron chi connectivity index (χ3n) is 3.98. The minimum atomic E-state index is -0.431. The highest BCUT2D eigenvalue weighted by Gasteiger charge is 2.27. The van der Waals surface area contributed by atoms with Crippen molar-refractivity contribution in [1.29, 1.82) is 0 Å². The van der Waals surface area contributed by atoms with Gasteiger partial charge in [0.25, 0.3) is 0 Å². The Morgan fingerprint density at radius 2 is 2.11 bits per heavy atom. The molecule has 2 amide bonds. The van der Waals surface area contributed by atoms with Gasteiger partial charge in [-0.15, -0.1) is 0 Å². The van der Waals surface area contributed by atoms with Gasteiger partial charge in [-0.05, 0) is 12.3 Å². The standard InChI is InChI=1S/C13H23N3O2/c14-11(8-10-4-2-1-3-5-10)13(18)16-7-6-15-12(17)9-16/h10-11H,1-9,14H2,(H,15,17). The number of nitrogens with one attached hydrogen (secondary N) is 1. The molecule has 0 aromatic rings. The number of nitrogens with two attached hydrogens (primary N) is 1. The second-order valence-corrected chi connectivity index (χ2v) is 5.46. The van der Waals surface area contributed by atoms with Crippen LogP contribution in [0.3, 0.4) is 0 Å². The summed E-state index contributed by atoms with van der Waals surface area (Å²) >= 11 is 0. The van der Waals surface area contributed by atoms with E-state index >= 15 is 0 Å². The van der Waals surface area contributed by atoms with Crippen LogP contribution in [-0.4, -0.2) is 42.4 Å². The molecule has 5 heteroatoms. The Morgan fingerprint density at radius 1 is 1.39 bits per heavy atom. The molecule has 5 nitrogen and oxygen atoms in total. The molecule has 0 spiro atoms. The molecule has 0 aromatic carbocycles. The lowest BCUT2D eigenvalue weighted by molar-refractivity contribution is -0.139. The molecule has 1 atom stereocenters. The first-order chi connectivity index (χ1) is 8.66. The molecule has 0 bridgehead atoms. The van der Waals surface area contributed by atoms with Crippen LogP contribution in [0.15, 0.2) is 0 Å². The number of carbonyl (C=O) groups is 2. The van der Waals surface area contributed by atoms with Gasteiger partial charge in [-0.2, -0.15) is 0 Å². The Labute approximate surface area is 108 Å². The van der Waals surface area contributed by atoms with E-state index in [9.17, 15) is 9.59 Å². The molecule has 1 heterocycles. The fourth-order valence-corrected chi connectivity index (χ4v) is 2.94. The van der Waals surface area contributed by atoms with E-state index in [4.69, 9.17) is 5.73 Å². The van der Waals surface area contributed by atoms with Crippen molar-refractivity contribution < 1.29 is 9.59 Å². The van der Waals surface area contributed by atoms with Crippen LogP contribution >= 0.6 is 0 Å². The van der Waals surface area contributed by atoms with Gasteiger partial charge in [-0.25, -0.2) is 0 Å². The molecule has 1 aliphatic carbocycles. The highest BCUT2D eigenvalue weighted by Crippen LogP contribution is 2.27. The number of carbonyl (C=O) groups excluding carboxylic acids is 2. The maximum absolute atomic E-state index is 12.1. The van der Waals surface area contributed by atoms with Crippen molar-refractivity contribution in [2.75, 3.05) is 19.6 Å². The van der Waals surface area contributed by atoms with Crippen molar-refractivity contribution in [3.63, 3.8) is 0 Å². The quantitative estimate of drug-likeness (QED) is 0.756. The van der Waals surface area contributed by atoms with Crippen molar-refractivity contribution >= 4 is 11.8 Å². The van der Waals surface area contributed by atoms with E-state index in [0.29, 0.717) is 19.0 Å². The van der Waals surface area contributed by atoms with Crippen LogP contribution in [0, 0.1) is 5.92 Å². The maximum atomic E-state index is 12.1. The van der Waals surface area contributed by atoms with Crippen molar-refractivity contribution in [2.45, 2.75) is 44.6 Å².